The highest BCUT2D eigenvalue weighted by atomic mass is 14.9. The maximum atomic E-state index is 3.79. The van der Waals surface area contributed by atoms with Crippen LogP contribution in [0.1, 0.15) is 63.1 Å². The van der Waals surface area contributed by atoms with Crippen molar-refractivity contribution >= 4 is 0 Å². The molecule has 1 aliphatic rings. The Kier molecular flexibility index (Phi) is 5.25. The van der Waals surface area contributed by atoms with Gasteiger partial charge < -0.3 is 5.32 Å². The Balaban J connectivity index is 2.13. The van der Waals surface area contributed by atoms with Crippen LogP contribution in [0, 0.1) is 5.92 Å². The highest BCUT2D eigenvalue weighted by Gasteiger charge is 2.27. The van der Waals surface area contributed by atoms with Gasteiger partial charge in [0.05, 0.1) is 0 Å². The molecule has 0 amide bonds. The first-order chi connectivity index (χ1) is 8.86. The Morgan fingerprint density at radius 2 is 2.00 bits per heavy atom. The van der Waals surface area contributed by atoms with Gasteiger partial charge in [0, 0.05) is 6.04 Å². The smallest absolute Gasteiger partial charge is 0.0351 e. The number of rotatable bonds is 6. The third-order valence-corrected chi connectivity index (χ3v) is 4.19. The number of aryl methyl sites for hydroxylation is 1. The van der Waals surface area contributed by atoms with Crippen molar-refractivity contribution in [1.82, 2.24) is 5.32 Å². The van der Waals surface area contributed by atoms with Crippen LogP contribution in [0.15, 0.2) is 24.3 Å². The molecule has 1 aromatic rings. The van der Waals surface area contributed by atoms with Crippen LogP contribution in [-0.2, 0) is 6.42 Å². The lowest BCUT2D eigenvalue weighted by atomic mass is 9.77. The molecule has 0 bridgehead atoms. The SMILES string of the molecule is CCCCC1CCc2ccccc2C1NCCC. The molecular formula is C17H27N. The van der Waals surface area contributed by atoms with E-state index in [0.717, 1.165) is 12.5 Å². The predicted molar refractivity (Wildman–Crippen MR) is 78.8 cm³/mol. The lowest BCUT2D eigenvalue weighted by Crippen LogP contribution is -2.33. The first-order valence-corrected chi connectivity index (χ1v) is 7.68. The van der Waals surface area contributed by atoms with Gasteiger partial charge in [0.1, 0.15) is 0 Å². The van der Waals surface area contributed by atoms with Crippen LogP contribution >= 0.6 is 0 Å². The Morgan fingerprint density at radius 1 is 1.17 bits per heavy atom. The first-order valence-electron chi connectivity index (χ1n) is 7.68. The number of unbranched alkanes of at least 4 members (excludes halogenated alkanes) is 1. The van der Waals surface area contributed by atoms with Crippen LogP contribution in [0.4, 0.5) is 0 Å². The minimum Gasteiger partial charge on any atom is -0.310 e. The molecule has 0 saturated carbocycles. The van der Waals surface area contributed by atoms with Gasteiger partial charge in [-0.3, -0.25) is 0 Å². The summed E-state index contributed by atoms with van der Waals surface area (Å²) in [5, 5.41) is 3.79. The monoisotopic (exact) mass is 245 g/mol. The molecule has 0 spiro atoms. The Hall–Kier alpha value is -0.820. The molecule has 0 radical (unpaired) electrons. The van der Waals surface area contributed by atoms with Gasteiger partial charge in [-0.2, -0.15) is 0 Å². The number of fused-ring (bicyclic) bond motifs is 1. The fourth-order valence-electron chi connectivity index (χ4n) is 3.18. The maximum Gasteiger partial charge on any atom is 0.0351 e. The van der Waals surface area contributed by atoms with Gasteiger partial charge in [-0.05, 0) is 49.3 Å². The standard InChI is InChI=1S/C17H27N/c1-3-5-8-15-12-11-14-9-6-7-10-16(14)17(15)18-13-4-2/h6-7,9-10,15,17-18H,3-5,8,11-13H2,1-2H3. The molecule has 1 aromatic carbocycles. The molecule has 2 atom stereocenters. The van der Waals surface area contributed by atoms with E-state index in [1.807, 2.05) is 0 Å². The number of hydrogen-bond acceptors (Lipinski definition) is 1. The molecule has 1 N–H and O–H groups in total. The van der Waals surface area contributed by atoms with Crippen molar-refractivity contribution in [2.75, 3.05) is 6.54 Å². The normalized spacial score (nSPS) is 22.8. The Morgan fingerprint density at radius 3 is 2.78 bits per heavy atom. The van der Waals surface area contributed by atoms with Crippen molar-refractivity contribution in [2.45, 2.75) is 58.4 Å². The largest absolute Gasteiger partial charge is 0.310 e. The zero-order valence-corrected chi connectivity index (χ0v) is 11.9. The van der Waals surface area contributed by atoms with Crippen LogP contribution < -0.4 is 5.32 Å². The average Bonchev–Trinajstić information content (AvgIpc) is 2.43. The highest BCUT2D eigenvalue weighted by Crippen LogP contribution is 2.37. The summed E-state index contributed by atoms with van der Waals surface area (Å²) >= 11 is 0. The van der Waals surface area contributed by atoms with E-state index in [9.17, 15) is 0 Å². The summed E-state index contributed by atoms with van der Waals surface area (Å²) in [6, 6.07) is 9.62. The summed E-state index contributed by atoms with van der Waals surface area (Å²) in [6.45, 7) is 5.69. The van der Waals surface area contributed by atoms with E-state index in [-0.39, 0.29) is 0 Å². The van der Waals surface area contributed by atoms with E-state index in [0.29, 0.717) is 6.04 Å². The summed E-state index contributed by atoms with van der Waals surface area (Å²) in [5.41, 5.74) is 3.14. The van der Waals surface area contributed by atoms with Gasteiger partial charge in [0.25, 0.3) is 0 Å². The summed E-state index contributed by atoms with van der Waals surface area (Å²) in [6.07, 6.45) is 7.93. The van der Waals surface area contributed by atoms with Crippen molar-refractivity contribution in [3.05, 3.63) is 35.4 Å². The topological polar surface area (TPSA) is 12.0 Å². The number of nitrogens with one attached hydrogen (secondary N) is 1. The molecule has 0 heterocycles. The second kappa shape index (κ2) is 6.94. The van der Waals surface area contributed by atoms with E-state index < -0.39 is 0 Å². The van der Waals surface area contributed by atoms with Crippen molar-refractivity contribution in [3.63, 3.8) is 0 Å². The van der Waals surface area contributed by atoms with Crippen molar-refractivity contribution in [2.24, 2.45) is 5.92 Å². The molecule has 0 fully saturated rings. The summed E-state index contributed by atoms with van der Waals surface area (Å²) in [5.74, 6) is 0.839. The molecule has 18 heavy (non-hydrogen) atoms. The Bertz CT molecular complexity index is 358. The van der Waals surface area contributed by atoms with E-state index in [1.54, 1.807) is 11.1 Å². The first kappa shape index (κ1) is 13.6. The van der Waals surface area contributed by atoms with Gasteiger partial charge in [0.15, 0.2) is 0 Å². The highest BCUT2D eigenvalue weighted by molar-refractivity contribution is 5.33. The molecule has 0 aliphatic heterocycles. The van der Waals surface area contributed by atoms with Crippen LogP contribution in [0.5, 0.6) is 0 Å². The molecule has 100 valence electrons. The molecule has 0 saturated heterocycles. The number of benzene rings is 1. The molecular weight excluding hydrogens is 218 g/mol. The van der Waals surface area contributed by atoms with Gasteiger partial charge in [-0.15, -0.1) is 0 Å². The molecule has 1 heteroatoms. The third kappa shape index (κ3) is 3.14. The molecule has 2 rings (SSSR count). The minimum atomic E-state index is 0.599. The van der Waals surface area contributed by atoms with Gasteiger partial charge in [0.2, 0.25) is 0 Å². The molecule has 1 nitrogen and oxygen atoms in total. The van der Waals surface area contributed by atoms with Gasteiger partial charge in [-0.1, -0.05) is 51.0 Å². The van der Waals surface area contributed by atoms with E-state index >= 15 is 0 Å². The average molecular weight is 245 g/mol. The maximum absolute atomic E-state index is 3.79. The van der Waals surface area contributed by atoms with Crippen molar-refractivity contribution < 1.29 is 0 Å². The third-order valence-electron chi connectivity index (χ3n) is 4.19. The fourth-order valence-corrected chi connectivity index (χ4v) is 3.18. The zero-order valence-electron chi connectivity index (χ0n) is 11.9. The van der Waals surface area contributed by atoms with Gasteiger partial charge >= 0.3 is 0 Å². The van der Waals surface area contributed by atoms with E-state index in [1.165, 1.54) is 38.5 Å². The van der Waals surface area contributed by atoms with Crippen LogP contribution in [0.2, 0.25) is 0 Å². The van der Waals surface area contributed by atoms with Gasteiger partial charge in [-0.25, -0.2) is 0 Å². The summed E-state index contributed by atoms with van der Waals surface area (Å²) in [4.78, 5) is 0. The van der Waals surface area contributed by atoms with Crippen LogP contribution in [0.25, 0.3) is 0 Å². The summed E-state index contributed by atoms with van der Waals surface area (Å²) in [7, 11) is 0. The lowest BCUT2D eigenvalue weighted by molar-refractivity contribution is 0.297. The van der Waals surface area contributed by atoms with E-state index in [2.05, 4.69) is 43.4 Å². The van der Waals surface area contributed by atoms with Crippen LogP contribution in [-0.4, -0.2) is 6.54 Å². The molecule has 2 unspecified atom stereocenters. The van der Waals surface area contributed by atoms with Crippen molar-refractivity contribution in [1.29, 1.82) is 0 Å². The number of hydrogen-bond donors (Lipinski definition) is 1. The van der Waals surface area contributed by atoms with E-state index in [4.69, 9.17) is 0 Å². The van der Waals surface area contributed by atoms with Crippen molar-refractivity contribution in [3.8, 4) is 0 Å². The Labute approximate surface area is 112 Å². The zero-order chi connectivity index (χ0) is 12.8. The minimum absolute atomic E-state index is 0.599. The molecule has 1 aliphatic carbocycles. The predicted octanol–water partition coefficient (Wildman–Crippen LogP) is 4.48. The second-order valence-corrected chi connectivity index (χ2v) is 5.57. The summed E-state index contributed by atoms with van der Waals surface area (Å²) < 4.78 is 0. The molecule has 0 aromatic heterocycles. The quantitative estimate of drug-likeness (QED) is 0.779. The van der Waals surface area contributed by atoms with Crippen LogP contribution in [0.3, 0.4) is 0 Å². The fraction of sp³-hybridized carbons (Fsp3) is 0.647. The lowest BCUT2D eigenvalue weighted by Gasteiger charge is -2.34. The second-order valence-electron chi connectivity index (χ2n) is 5.57.